The first kappa shape index (κ1) is 21.2. The van der Waals surface area contributed by atoms with Gasteiger partial charge in [-0.2, -0.15) is 12.1 Å². The molecule has 110 valence electrons. The molecule has 0 aromatic carbocycles. The molecule has 18 heavy (non-hydrogen) atoms. The molecule has 0 amide bonds. The summed E-state index contributed by atoms with van der Waals surface area (Å²) in [5.74, 6) is 0. The number of hydrogen-bond donors (Lipinski definition) is 2. The molecule has 9 nitrogen and oxygen atoms in total. The van der Waals surface area contributed by atoms with Gasteiger partial charge in [0.2, 0.25) is 0 Å². The maximum atomic E-state index is 9.48. The zero-order valence-electron chi connectivity index (χ0n) is 9.13. The van der Waals surface area contributed by atoms with Crippen molar-refractivity contribution in [2.45, 2.75) is 37.8 Å². The quantitative estimate of drug-likeness (QED) is 0.531. The predicted octanol–water partition coefficient (Wildman–Crippen LogP) is 0.324. The van der Waals surface area contributed by atoms with E-state index in [0.29, 0.717) is 0 Å². The van der Waals surface area contributed by atoms with Crippen molar-refractivity contribution < 1.29 is 54.1 Å². The second-order valence-corrected chi connectivity index (χ2v) is 6.04. The maximum Gasteiger partial charge on any atom is 4.00 e. The van der Waals surface area contributed by atoms with Crippen LogP contribution in [0.15, 0.2) is 0 Å². The summed E-state index contributed by atoms with van der Waals surface area (Å²) in [5.41, 5.74) is 14.6. The van der Waals surface area contributed by atoms with Gasteiger partial charge in [0.25, 0.3) is 15.6 Å². The zero-order chi connectivity index (χ0) is 13.7. The SMILES string of the molecule is O=P([O-])(O)OP(=O)([O-])O.[NH-][C@@H]1CCCC[C@H]1[NH-].[Pt+4]. The number of nitrogens with one attached hydrogen (secondary N) is 2. The third-order valence-electron chi connectivity index (χ3n) is 1.97. The van der Waals surface area contributed by atoms with Gasteiger partial charge in [0.1, 0.15) is 0 Å². The predicted molar refractivity (Wildman–Crippen MR) is 55.4 cm³/mol. The Kier molecular flexibility index (Phi) is 10.5. The fourth-order valence-corrected chi connectivity index (χ4v) is 2.30. The van der Waals surface area contributed by atoms with Crippen LogP contribution in [-0.2, 0) is 34.5 Å². The van der Waals surface area contributed by atoms with Crippen molar-refractivity contribution in [3.8, 4) is 0 Å². The van der Waals surface area contributed by atoms with Crippen LogP contribution in [0.25, 0.3) is 11.5 Å². The molecule has 4 N–H and O–H groups in total. The molecule has 0 heterocycles. The van der Waals surface area contributed by atoms with Gasteiger partial charge in [-0.05, 0) is 0 Å². The molecule has 1 fully saturated rings. The van der Waals surface area contributed by atoms with E-state index >= 15 is 0 Å². The Balaban J connectivity index is 0. The van der Waals surface area contributed by atoms with Gasteiger partial charge >= 0.3 is 21.1 Å². The molecule has 4 atom stereocenters. The van der Waals surface area contributed by atoms with Crippen LogP contribution in [0.1, 0.15) is 25.7 Å². The van der Waals surface area contributed by atoms with E-state index in [-0.39, 0.29) is 33.1 Å². The fourth-order valence-electron chi connectivity index (χ4n) is 1.26. The third kappa shape index (κ3) is 13.3. The van der Waals surface area contributed by atoms with Gasteiger partial charge in [-0.15, -0.1) is 0 Å². The van der Waals surface area contributed by atoms with Gasteiger partial charge in [-0.1, -0.05) is 25.7 Å². The summed E-state index contributed by atoms with van der Waals surface area (Å²) in [5, 5.41) is 0. The van der Waals surface area contributed by atoms with Crippen molar-refractivity contribution in [1.29, 1.82) is 0 Å². The van der Waals surface area contributed by atoms with E-state index < -0.39 is 15.6 Å². The van der Waals surface area contributed by atoms with Crippen molar-refractivity contribution in [3.63, 3.8) is 0 Å². The minimum Gasteiger partial charge on any atom is -0.756 e. The summed E-state index contributed by atoms with van der Waals surface area (Å²) < 4.78 is 21.7. The van der Waals surface area contributed by atoms with Crippen molar-refractivity contribution in [2.75, 3.05) is 0 Å². The third-order valence-corrected chi connectivity index (χ3v) is 3.62. The van der Waals surface area contributed by atoms with Gasteiger partial charge in [-0.25, -0.2) is 4.31 Å². The molecule has 2 unspecified atom stereocenters. The summed E-state index contributed by atoms with van der Waals surface area (Å²) in [7, 11) is -10.7. The van der Waals surface area contributed by atoms with Crippen LogP contribution < -0.4 is 9.79 Å². The van der Waals surface area contributed by atoms with E-state index in [4.69, 9.17) is 21.3 Å². The van der Waals surface area contributed by atoms with Crippen LogP contribution in [-0.4, -0.2) is 21.9 Å². The van der Waals surface area contributed by atoms with Crippen LogP contribution in [0.4, 0.5) is 0 Å². The summed E-state index contributed by atoms with van der Waals surface area (Å²) in [6.45, 7) is 0. The summed E-state index contributed by atoms with van der Waals surface area (Å²) >= 11 is 0. The van der Waals surface area contributed by atoms with Gasteiger partial charge < -0.3 is 31.0 Å². The fraction of sp³-hybridized carbons (Fsp3) is 1.00. The first-order chi connectivity index (χ1) is 7.51. The Hall–Kier alpha value is 0.868. The Morgan fingerprint density at radius 3 is 1.39 bits per heavy atom. The van der Waals surface area contributed by atoms with Gasteiger partial charge in [0.05, 0.1) is 0 Å². The average Bonchev–Trinajstić information content (AvgIpc) is 2.04. The molecule has 1 aliphatic carbocycles. The first-order valence-electron chi connectivity index (χ1n) is 4.72. The van der Waals surface area contributed by atoms with Crippen molar-refractivity contribution in [1.82, 2.24) is 0 Å². The molecule has 0 spiro atoms. The molecule has 1 aliphatic rings. The second kappa shape index (κ2) is 8.92. The van der Waals surface area contributed by atoms with E-state index in [1.165, 1.54) is 12.8 Å². The number of rotatable bonds is 2. The molecule has 12 heteroatoms. The van der Waals surface area contributed by atoms with Crippen LogP contribution >= 0.6 is 15.6 Å². The molecule has 1 rings (SSSR count). The Labute approximate surface area is 119 Å². The second-order valence-electron chi connectivity index (χ2n) is 3.52. The van der Waals surface area contributed by atoms with Crippen molar-refractivity contribution in [3.05, 3.63) is 11.5 Å². The maximum absolute atomic E-state index is 9.48. The average molecular weight is 483 g/mol. The van der Waals surface area contributed by atoms with E-state index in [1.807, 2.05) is 0 Å². The van der Waals surface area contributed by atoms with E-state index in [2.05, 4.69) is 4.31 Å². The van der Waals surface area contributed by atoms with E-state index in [0.717, 1.165) is 12.8 Å². The van der Waals surface area contributed by atoms with Crippen LogP contribution in [0.3, 0.4) is 0 Å². The van der Waals surface area contributed by atoms with E-state index in [9.17, 15) is 18.9 Å². The topological polar surface area (TPSA) is 178 Å². The standard InChI is InChI=1S/C6H12N2.H4O7P2.Pt/c7-5-3-1-2-4-6(5)8;1-8(2,3)7-9(4,5)6;/h5-8H,1-4H2;(H2,1,2,3)(H2,4,5,6);/q-2;;+4/p-2/t5-,6-;;/m1../s1. The number of phosphoric acid groups is 2. The zero-order valence-corrected chi connectivity index (χ0v) is 13.2. The summed E-state index contributed by atoms with van der Waals surface area (Å²) in [6.07, 6.45) is 4.25. The molecule has 0 aromatic rings. The van der Waals surface area contributed by atoms with Crippen LogP contribution in [0, 0.1) is 0 Å². The molecule has 0 radical (unpaired) electrons. The Morgan fingerprint density at radius 1 is 1.00 bits per heavy atom. The summed E-state index contributed by atoms with van der Waals surface area (Å²) in [6, 6.07) is -0.160. The molecular weight excluding hydrogens is 469 g/mol. The minimum atomic E-state index is -5.36. The van der Waals surface area contributed by atoms with E-state index in [1.54, 1.807) is 0 Å². The van der Waals surface area contributed by atoms with Gasteiger partial charge in [0, 0.05) is 0 Å². The van der Waals surface area contributed by atoms with Gasteiger partial charge in [0.15, 0.2) is 0 Å². The molecule has 0 aromatic heterocycles. The normalized spacial score (nSPS) is 29.9. The molecule has 0 bridgehead atoms. The van der Waals surface area contributed by atoms with Crippen LogP contribution in [0.5, 0.6) is 0 Å². The largest absolute Gasteiger partial charge is 4.00 e. The van der Waals surface area contributed by atoms with Gasteiger partial charge in [-0.3, -0.25) is 9.13 Å². The monoisotopic (exact) mass is 483 g/mol. The molecule has 0 saturated heterocycles. The molecule has 1 saturated carbocycles. The van der Waals surface area contributed by atoms with Crippen LogP contribution in [0.2, 0.25) is 0 Å². The summed E-state index contributed by atoms with van der Waals surface area (Å²) in [4.78, 5) is 34.1. The van der Waals surface area contributed by atoms with Crippen molar-refractivity contribution >= 4 is 15.6 Å². The molecular formula is C6H14N2O7P2Pt. The minimum absolute atomic E-state index is 0. The smallest absolute Gasteiger partial charge is 0.756 e. The number of hydrogen-bond acceptors (Lipinski definition) is 5. The first-order valence-corrected chi connectivity index (χ1v) is 7.71. The Bertz CT molecular complexity index is 289. The molecule has 0 aliphatic heterocycles. The van der Waals surface area contributed by atoms with Crippen molar-refractivity contribution in [2.24, 2.45) is 0 Å². The Morgan fingerprint density at radius 2 is 1.28 bits per heavy atom.